The summed E-state index contributed by atoms with van der Waals surface area (Å²) in [7, 11) is 1.72. The number of hydrogen-bond donors (Lipinski definition) is 5. The Labute approximate surface area is 164 Å². The summed E-state index contributed by atoms with van der Waals surface area (Å²) in [5.41, 5.74) is 11.1. The maximum absolute atomic E-state index is 9.66. The molecule has 0 spiro atoms. The quantitative estimate of drug-likeness (QED) is 0.504. The van der Waals surface area contributed by atoms with Crippen molar-refractivity contribution in [2.24, 2.45) is 10.7 Å². The van der Waals surface area contributed by atoms with Gasteiger partial charge in [0.15, 0.2) is 11.5 Å². The Morgan fingerprint density at radius 3 is 3.00 bits per heavy atom. The van der Waals surface area contributed by atoms with E-state index in [1.807, 2.05) is 0 Å². The van der Waals surface area contributed by atoms with E-state index in [4.69, 9.17) is 10.5 Å². The summed E-state index contributed by atoms with van der Waals surface area (Å²) in [5.74, 6) is 1.55. The molecule has 0 aliphatic carbocycles. The first-order chi connectivity index (χ1) is 13.7. The maximum Gasteiger partial charge on any atom is 0.163 e. The summed E-state index contributed by atoms with van der Waals surface area (Å²) in [6, 6.07) is 2.26. The highest BCUT2D eigenvalue weighted by molar-refractivity contribution is 5.92. The van der Waals surface area contributed by atoms with Crippen LogP contribution in [0.25, 0.3) is 11.8 Å². The van der Waals surface area contributed by atoms with Crippen LogP contribution in [0, 0.1) is 11.3 Å². The Hall–Kier alpha value is -3.18. The van der Waals surface area contributed by atoms with Gasteiger partial charge in [-0.25, -0.2) is 0 Å². The van der Waals surface area contributed by atoms with E-state index in [2.05, 4.69) is 38.1 Å². The van der Waals surface area contributed by atoms with Gasteiger partial charge in [-0.05, 0) is 31.0 Å². The Morgan fingerprint density at radius 2 is 2.29 bits per heavy atom. The second kappa shape index (κ2) is 7.82. The van der Waals surface area contributed by atoms with Crippen molar-refractivity contribution in [3.8, 4) is 6.07 Å². The smallest absolute Gasteiger partial charge is 0.163 e. The first-order valence-electron chi connectivity index (χ1n) is 9.54. The van der Waals surface area contributed by atoms with Gasteiger partial charge < -0.3 is 31.4 Å². The molecule has 8 nitrogen and oxygen atoms in total. The number of H-pyrrole nitrogens is 1. The minimum atomic E-state index is 0.0529. The lowest BCUT2D eigenvalue weighted by molar-refractivity contribution is 0.134. The molecule has 0 saturated carbocycles. The Kier molecular flexibility index (Phi) is 5.08. The van der Waals surface area contributed by atoms with Crippen LogP contribution in [0.3, 0.4) is 0 Å². The van der Waals surface area contributed by atoms with Crippen molar-refractivity contribution in [3.63, 3.8) is 0 Å². The van der Waals surface area contributed by atoms with E-state index in [1.165, 1.54) is 0 Å². The number of anilines is 1. The fourth-order valence-corrected chi connectivity index (χ4v) is 3.89. The van der Waals surface area contributed by atoms with Crippen molar-refractivity contribution >= 4 is 23.9 Å². The Bertz CT molecular complexity index is 923. The van der Waals surface area contributed by atoms with Gasteiger partial charge in [0, 0.05) is 49.4 Å². The number of nitrogens with two attached hydrogens (primary N) is 1. The van der Waals surface area contributed by atoms with Crippen LogP contribution >= 0.6 is 0 Å². The van der Waals surface area contributed by atoms with Crippen LogP contribution in [0.1, 0.15) is 29.7 Å². The van der Waals surface area contributed by atoms with Gasteiger partial charge in [0.25, 0.3) is 0 Å². The summed E-state index contributed by atoms with van der Waals surface area (Å²) < 4.78 is 6.35. The predicted molar refractivity (Wildman–Crippen MR) is 110 cm³/mol. The molecule has 4 rings (SSSR count). The molecule has 1 aromatic heterocycles. The standard InChI is InChI=1S/C20H25N7O/c1-23-8-13(6-21)12-5-15-18-17(27-20(15)26-9-12)11-25-16(7-22)19(18)28-14-3-2-4-24-10-14/h5-6,8,14,24-27H,2-4,9-11,21H2,1H3/t14-/m0/s1. The molecule has 3 aliphatic rings. The number of nitrogens with one attached hydrogen (secondary N) is 4. The predicted octanol–water partition coefficient (Wildman–Crippen LogP) is 1.43. The summed E-state index contributed by atoms with van der Waals surface area (Å²) in [4.78, 5) is 7.52. The normalized spacial score (nSPS) is 21.9. The van der Waals surface area contributed by atoms with Gasteiger partial charge in [0.2, 0.25) is 0 Å². The van der Waals surface area contributed by atoms with Gasteiger partial charge in [0.05, 0.1) is 12.1 Å². The van der Waals surface area contributed by atoms with Gasteiger partial charge in [-0.1, -0.05) is 0 Å². The summed E-state index contributed by atoms with van der Waals surface area (Å²) >= 11 is 0. The zero-order chi connectivity index (χ0) is 19.5. The van der Waals surface area contributed by atoms with Crippen LogP contribution in [0.4, 0.5) is 5.82 Å². The number of nitriles is 1. The van der Waals surface area contributed by atoms with Crippen LogP contribution < -0.4 is 21.7 Å². The van der Waals surface area contributed by atoms with Gasteiger partial charge in [-0.15, -0.1) is 0 Å². The molecule has 3 aliphatic heterocycles. The molecular weight excluding hydrogens is 354 g/mol. The lowest BCUT2D eigenvalue weighted by Crippen LogP contribution is -2.36. The molecule has 4 heterocycles. The number of fused-ring (bicyclic) bond motifs is 3. The SMILES string of the molecule is CN=CC(=CN)C1=Cc2c([nH]c3c2C(O[C@H]2CCCNC2)=C(C#N)NC3)NC1. The molecule has 146 valence electrons. The molecule has 1 atom stereocenters. The fourth-order valence-electron chi connectivity index (χ4n) is 3.89. The van der Waals surface area contributed by atoms with Crippen LogP contribution in [0.5, 0.6) is 0 Å². The number of aromatic amines is 1. The number of hydrogen-bond acceptors (Lipinski definition) is 7. The summed E-state index contributed by atoms with van der Waals surface area (Å²) in [5, 5.41) is 19.6. The molecular formula is C20H25N7O. The van der Waals surface area contributed by atoms with E-state index in [-0.39, 0.29) is 6.10 Å². The van der Waals surface area contributed by atoms with Crippen LogP contribution in [-0.4, -0.2) is 44.0 Å². The number of aliphatic imine (C=N–C) groups is 1. The van der Waals surface area contributed by atoms with E-state index in [1.54, 1.807) is 19.5 Å². The van der Waals surface area contributed by atoms with E-state index >= 15 is 0 Å². The van der Waals surface area contributed by atoms with Gasteiger partial charge >= 0.3 is 0 Å². The van der Waals surface area contributed by atoms with E-state index in [0.717, 1.165) is 59.7 Å². The number of piperidine rings is 1. The van der Waals surface area contributed by atoms with E-state index in [0.29, 0.717) is 24.5 Å². The molecule has 1 aromatic rings. The van der Waals surface area contributed by atoms with Crippen LogP contribution in [0.15, 0.2) is 28.0 Å². The number of allylic oxidation sites excluding steroid dienone is 1. The lowest BCUT2D eigenvalue weighted by atomic mass is 9.96. The molecule has 0 amide bonds. The Balaban J connectivity index is 1.76. The number of ether oxygens (including phenoxy) is 1. The Morgan fingerprint density at radius 1 is 1.39 bits per heavy atom. The minimum Gasteiger partial charge on any atom is -0.485 e. The van der Waals surface area contributed by atoms with Crippen molar-refractivity contribution in [2.75, 3.05) is 32.0 Å². The number of aromatic nitrogens is 1. The van der Waals surface area contributed by atoms with Crippen LogP contribution in [-0.2, 0) is 11.3 Å². The summed E-state index contributed by atoms with van der Waals surface area (Å²) in [6.45, 7) is 3.00. The second-order valence-electron chi connectivity index (χ2n) is 7.06. The third-order valence-corrected chi connectivity index (χ3v) is 5.25. The van der Waals surface area contributed by atoms with Gasteiger partial charge in [-0.2, -0.15) is 5.26 Å². The van der Waals surface area contributed by atoms with E-state index in [9.17, 15) is 5.26 Å². The molecule has 0 aromatic carbocycles. The zero-order valence-corrected chi connectivity index (χ0v) is 15.9. The second-order valence-corrected chi connectivity index (χ2v) is 7.06. The minimum absolute atomic E-state index is 0.0529. The molecule has 28 heavy (non-hydrogen) atoms. The molecule has 8 heteroatoms. The fraction of sp³-hybridized carbons (Fsp3) is 0.400. The van der Waals surface area contributed by atoms with Gasteiger partial charge in [-0.3, -0.25) is 4.99 Å². The first-order valence-corrected chi connectivity index (χ1v) is 9.54. The van der Waals surface area contributed by atoms with Crippen molar-refractivity contribution in [2.45, 2.75) is 25.5 Å². The largest absolute Gasteiger partial charge is 0.485 e. The molecule has 1 fully saturated rings. The molecule has 0 radical (unpaired) electrons. The highest BCUT2D eigenvalue weighted by Crippen LogP contribution is 2.39. The zero-order valence-electron chi connectivity index (χ0n) is 15.9. The lowest BCUT2D eigenvalue weighted by Gasteiger charge is -2.28. The highest BCUT2D eigenvalue weighted by atomic mass is 16.5. The number of rotatable bonds is 4. The third-order valence-electron chi connectivity index (χ3n) is 5.25. The first kappa shape index (κ1) is 18.2. The van der Waals surface area contributed by atoms with Crippen molar-refractivity contribution in [3.05, 3.63) is 39.9 Å². The highest BCUT2D eigenvalue weighted by Gasteiger charge is 2.31. The monoisotopic (exact) mass is 379 g/mol. The molecule has 6 N–H and O–H groups in total. The van der Waals surface area contributed by atoms with Gasteiger partial charge in [0.1, 0.15) is 18.0 Å². The van der Waals surface area contributed by atoms with Crippen molar-refractivity contribution < 1.29 is 4.74 Å². The summed E-state index contributed by atoms with van der Waals surface area (Å²) in [6.07, 6.45) is 7.51. The van der Waals surface area contributed by atoms with E-state index < -0.39 is 0 Å². The third kappa shape index (κ3) is 3.25. The average Bonchev–Trinajstić information content (AvgIpc) is 3.11. The van der Waals surface area contributed by atoms with Crippen LogP contribution in [0.2, 0.25) is 0 Å². The molecule has 0 bridgehead atoms. The molecule has 1 saturated heterocycles. The molecule has 0 unspecified atom stereocenters. The maximum atomic E-state index is 9.66. The number of nitrogens with zero attached hydrogens (tertiary/aromatic N) is 2. The average molecular weight is 379 g/mol. The van der Waals surface area contributed by atoms with Crippen molar-refractivity contribution in [1.82, 2.24) is 15.6 Å². The van der Waals surface area contributed by atoms with Crippen molar-refractivity contribution in [1.29, 1.82) is 5.26 Å². The topological polar surface area (TPSA) is 123 Å².